The summed E-state index contributed by atoms with van der Waals surface area (Å²) in [5.74, 6) is -0.196. The lowest BCUT2D eigenvalue weighted by Crippen LogP contribution is -2.30. The summed E-state index contributed by atoms with van der Waals surface area (Å²) >= 11 is 0. The highest BCUT2D eigenvalue weighted by molar-refractivity contribution is 7.89. The molecule has 1 N–H and O–H groups in total. The molecule has 0 atom stereocenters. The summed E-state index contributed by atoms with van der Waals surface area (Å²) in [5.41, 5.74) is 4.21. The molecule has 0 amide bonds. The maximum Gasteiger partial charge on any atom is 0.310 e. The molecule has 8 heteroatoms. The van der Waals surface area contributed by atoms with E-state index in [1.54, 1.807) is 32.1 Å². The highest BCUT2D eigenvalue weighted by Crippen LogP contribution is 2.37. The number of benzene rings is 2. The number of hydrogen-bond acceptors (Lipinski definition) is 6. The maximum atomic E-state index is 12.8. The lowest BCUT2D eigenvalue weighted by Gasteiger charge is -2.18. The molecule has 7 nitrogen and oxygen atoms in total. The molecule has 2 aromatic carbocycles. The van der Waals surface area contributed by atoms with E-state index in [0.717, 1.165) is 22.5 Å². The van der Waals surface area contributed by atoms with Gasteiger partial charge in [0.15, 0.2) is 0 Å². The zero-order valence-electron chi connectivity index (χ0n) is 17.5. The standard InChI is InChI=1S/C23H23N3O4S/c1-4-26(5-2)31(28,29)17-10-8-9-16(13-17)22-25-21(23(27)30-22)14-19-15(3)24-20-12-7-6-11-18(19)20/h6-14,27H,4-5H2,1-3H3/b19-14+. The normalized spacial score (nSPS) is 14.8. The van der Waals surface area contributed by atoms with E-state index in [4.69, 9.17) is 4.42 Å². The van der Waals surface area contributed by atoms with Crippen molar-refractivity contribution in [3.05, 3.63) is 59.8 Å². The zero-order chi connectivity index (χ0) is 22.2. The monoisotopic (exact) mass is 437 g/mol. The Labute approximate surface area is 181 Å². The first-order valence-corrected chi connectivity index (χ1v) is 11.5. The second kappa shape index (κ2) is 8.13. The van der Waals surface area contributed by atoms with Crippen LogP contribution in [0.3, 0.4) is 0 Å². The molecule has 0 aliphatic carbocycles. The van der Waals surface area contributed by atoms with Gasteiger partial charge in [-0.15, -0.1) is 0 Å². The van der Waals surface area contributed by atoms with Crippen molar-refractivity contribution in [2.45, 2.75) is 25.7 Å². The van der Waals surface area contributed by atoms with Gasteiger partial charge in [0.05, 0.1) is 10.6 Å². The Morgan fingerprint density at radius 1 is 1.10 bits per heavy atom. The number of aromatic nitrogens is 1. The molecule has 0 spiro atoms. The lowest BCUT2D eigenvalue weighted by atomic mass is 10.0. The van der Waals surface area contributed by atoms with Gasteiger partial charge in [0.25, 0.3) is 0 Å². The highest BCUT2D eigenvalue weighted by atomic mass is 32.2. The molecule has 160 valence electrons. The Morgan fingerprint density at radius 2 is 1.84 bits per heavy atom. The fourth-order valence-corrected chi connectivity index (χ4v) is 5.10. The molecule has 2 heterocycles. The minimum atomic E-state index is -3.62. The fraction of sp³-hybridized carbons (Fsp3) is 0.217. The van der Waals surface area contributed by atoms with Crippen LogP contribution in [0.4, 0.5) is 5.69 Å². The number of nitrogens with zero attached hydrogens (tertiary/aromatic N) is 3. The van der Waals surface area contributed by atoms with Gasteiger partial charge in [0, 0.05) is 35.5 Å². The largest absolute Gasteiger partial charge is 0.479 e. The Hall–Kier alpha value is -3.23. The first-order valence-electron chi connectivity index (χ1n) is 10.0. The summed E-state index contributed by atoms with van der Waals surface area (Å²) in [6, 6.07) is 14.1. The number of aliphatic imine (C=N–C) groups is 1. The van der Waals surface area contributed by atoms with Gasteiger partial charge in [-0.25, -0.2) is 13.4 Å². The van der Waals surface area contributed by atoms with Crippen LogP contribution in [0.2, 0.25) is 0 Å². The van der Waals surface area contributed by atoms with Crippen molar-refractivity contribution in [2.24, 2.45) is 4.99 Å². The van der Waals surface area contributed by atoms with Gasteiger partial charge in [0.2, 0.25) is 15.9 Å². The predicted molar refractivity (Wildman–Crippen MR) is 121 cm³/mol. The number of para-hydroxylation sites is 1. The average Bonchev–Trinajstić information content (AvgIpc) is 3.29. The van der Waals surface area contributed by atoms with Gasteiger partial charge in [0.1, 0.15) is 5.69 Å². The summed E-state index contributed by atoms with van der Waals surface area (Å²) in [6.45, 7) is 6.24. The van der Waals surface area contributed by atoms with Gasteiger partial charge in [-0.05, 0) is 37.3 Å². The van der Waals surface area contributed by atoms with E-state index in [1.165, 1.54) is 16.4 Å². The number of oxazole rings is 1. The summed E-state index contributed by atoms with van der Waals surface area (Å²) < 4.78 is 32.5. The van der Waals surface area contributed by atoms with Gasteiger partial charge in [-0.3, -0.25) is 4.99 Å². The molecule has 0 unspecified atom stereocenters. The van der Waals surface area contributed by atoms with Gasteiger partial charge in [-0.1, -0.05) is 38.1 Å². The zero-order valence-corrected chi connectivity index (χ0v) is 18.3. The van der Waals surface area contributed by atoms with Crippen molar-refractivity contribution in [1.29, 1.82) is 0 Å². The van der Waals surface area contributed by atoms with E-state index in [2.05, 4.69) is 9.98 Å². The van der Waals surface area contributed by atoms with E-state index in [1.807, 2.05) is 31.2 Å². The summed E-state index contributed by atoms with van der Waals surface area (Å²) in [6.07, 6.45) is 1.73. The average molecular weight is 438 g/mol. The lowest BCUT2D eigenvalue weighted by molar-refractivity contribution is 0.336. The van der Waals surface area contributed by atoms with Crippen molar-refractivity contribution >= 4 is 33.1 Å². The molecular weight excluding hydrogens is 414 g/mol. The van der Waals surface area contributed by atoms with Crippen molar-refractivity contribution in [2.75, 3.05) is 13.1 Å². The van der Waals surface area contributed by atoms with E-state index < -0.39 is 10.0 Å². The number of aromatic hydroxyl groups is 1. The number of allylic oxidation sites excluding steroid dienone is 1. The second-order valence-corrected chi connectivity index (χ2v) is 9.04. The molecule has 3 aromatic rings. The van der Waals surface area contributed by atoms with Gasteiger partial charge >= 0.3 is 5.95 Å². The number of sulfonamides is 1. The van der Waals surface area contributed by atoms with Crippen LogP contribution in [0.15, 0.2) is 62.8 Å². The highest BCUT2D eigenvalue weighted by Gasteiger charge is 2.24. The Balaban J connectivity index is 1.72. The van der Waals surface area contributed by atoms with Crippen LogP contribution < -0.4 is 0 Å². The molecule has 0 saturated carbocycles. The van der Waals surface area contributed by atoms with Crippen molar-refractivity contribution < 1.29 is 17.9 Å². The molecule has 1 aliphatic rings. The SMILES string of the molecule is CCN(CC)S(=O)(=O)c1cccc(-c2nc(/C=C3\C(C)=Nc4ccccc43)c(O)o2)c1. The van der Waals surface area contributed by atoms with Crippen molar-refractivity contribution in [1.82, 2.24) is 9.29 Å². The molecule has 1 aromatic heterocycles. The maximum absolute atomic E-state index is 12.8. The molecule has 4 rings (SSSR count). The van der Waals surface area contributed by atoms with Crippen LogP contribution in [0.1, 0.15) is 32.0 Å². The van der Waals surface area contributed by atoms with E-state index >= 15 is 0 Å². The smallest absolute Gasteiger partial charge is 0.310 e. The van der Waals surface area contributed by atoms with Crippen molar-refractivity contribution in [3.8, 4) is 17.4 Å². The third-order valence-corrected chi connectivity index (χ3v) is 7.26. The van der Waals surface area contributed by atoms with Gasteiger partial charge < -0.3 is 9.52 Å². The van der Waals surface area contributed by atoms with Crippen LogP contribution in [-0.4, -0.2) is 41.6 Å². The first kappa shape index (κ1) is 21.0. The number of hydrogen-bond donors (Lipinski definition) is 1. The van der Waals surface area contributed by atoms with Crippen LogP contribution in [-0.2, 0) is 10.0 Å². The minimum Gasteiger partial charge on any atom is -0.479 e. The fourth-order valence-electron chi connectivity index (χ4n) is 3.60. The van der Waals surface area contributed by atoms with Crippen LogP contribution >= 0.6 is 0 Å². The van der Waals surface area contributed by atoms with Crippen LogP contribution in [0, 0.1) is 0 Å². The molecule has 0 bridgehead atoms. The summed E-state index contributed by atoms with van der Waals surface area (Å²) in [4.78, 5) is 9.09. The summed E-state index contributed by atoms with van der Waals surface area (Å²) in [7, 11) is -3.62. The Kier molecular flexibility index (Phi) is 5.51. The minimum absolute atomic E-state index is 0.141. The van der Waals surface area contributed by atoms with Crippen molar-refractivity contribution in [3.63, 3.8) is 0 Å². The summed E-state index contributed by atoms with van der Waals surface area (Å²) in [5, 5.41) is 10.3. The van der Waals surface area contributed by atoms with E-state index in [9.17, 15) is 13.5 Å². The van der Waals surface area contributed by atoms with Crippen LogP contribution in [0.25, 0.3) is 23.1 Å². The molecule has 0 radical (unpaired) electrons. The molecule has 0 saturated heterocycles. The Bertz CT molecular complexity index is 1300. The number of rotatable bonds is 6. The third kappa shape index (κ3) is 3.80. The quantitative estimate of drug-likeness (QED) is 0.602. The Morgan fingerprint density at radius 3 is 2.58 bits per heavy atom. The molecular formula is C23H23N3O4S. The molecule has 1 aliphatic heterocycles. The van der Waals surface area contributed by atoms with Gasteiger partial charge in [-0.2, -0.15) is 4.31 Å². The second-order valence-electron chi connectivity index (χ2n) is 7.10. The van der Waals surface area contributed by atoms with E-state index in [0.29, 0.717) is 18.7 Å². The number of fused-ring (bicyclic) bond motifs is 1. The topological polar surface area (TPSA) is 96.0 Å². The molecule has 0 fully saturated rings. The van der Waals surface area contributed by atoms with E-state index in [-0.39, 0.29) is 22.4 Å². The third-order valence-electron chi connectivity index (χ3n) is 5.21. The van der Waals surface area contributed by atoms with Crippen LogP contribution in [0.5, 0.6) is 5.95 Å². The first-order chi connectivity index (χ1) is 14.8. The molecule has 31 heavy (non-hydrogen) atoms. The predicted octanol–water partition coefficient (Wildman–Crippen LogP) is 4.72.